The minimum absolute atomic E-state index is 0.0606. The van der Waals surface area contributed by atoms with Gasteiger partial charge in [0.05, 0.1) is 16.7 Å². The van der Waals surface area contributed by atoms with Crippen LogP contribution in [0.5, 0.6) is 0 Å². The number of rotatable bonds is 0. The highest BCUT2D eigenvalue weighted by Gasteiger charge is 2.32. The molecule has 1 aliphatic rings. The zero-order valence-corrected chi connectivity index (χ0v) is 12.4. The molecule has 0 fully saturated rings. The summed E-state index contributed by atoms with van der Waals surface area (Å²) in [5.74, 6) is 0. The summed E-state index contributed by atoms with van der Waals surface area (Å²) in [4.78, 5) is 14.8. The summed E-state index contributed by atoms with van der Waals surface area (Å²) in [6, 6.07) is 3.99. The largest absolute Gasteiger partial charge is 0.322 e. The van der Waals surface area contributed by atoms with E-state index < -0.39 is 0 Å². The second-order valence-corrected chi connectivity index (χ2v) is 6.35. The van der Waals surface area contributed by atoms with Gasteiger partial charge >= 0.3 is 0 Å². The summed E-state index contributed by atoms with van der Waals surface area (Å²) in [5.41, 5.74) is 4.15. The number of nitrogens with zero attached hydrogens (tertiary/aromatic N) is 1. The number of nitrogens with one attached hydrogen (secondary N) is 1. The number of hydrogen-bond donors (Lipinski definition) is 2. The third-order valence-electron chi connectivity index (χ3n) is 4.58. The van der Waals surface area contributed by atoms with Crippen molar-refractivity contribution in [2.45, 2.75) is 46.1 Å². The van der Waals surface area contributed by atoms with E-state index in [-0.39, 0.29) is 11.1 Å². The maximum Gasteiger partial charge on any atom is 0.251 e. The average molecular weight is 272 g/mol. The molecule has 0 saturated heterocycles. The lowest BCUT2D eigenvalue weighted by atomic mass is 9.87. The van der Waals surface area contributed by atoms with Gasteiger partial charge in [-0.1, -0.05) is 0 Å². The van der Waals surface area contributed by atoms with E-state index in [9.17, 15) is 10.0 Å². The van der Waals surface area contributed by atoms with Gasteiger partial charge < -0.3 is 4.98 Å². The van der Waals surface area contributed by atoms with Crippen LogP contribution in [0.1, 0.15) is 37.0 Å². The zero-order valence-electron chi connectivity index (χ0n) is 12.4. The van der Waals surface area contributed by atoms with Gasteiger partial charge in [0.1, 0.15) is 0 Å². The van der Waals surface area contributed by atoms with E-state index in [0.29, 0.717) is 0 Å². The fourth-order valence-electron chi connectivity index (χ4n) is 2.91. The molecule has 2 heterocycles. The van der Waals surface area contributed by atoms with Crippen molar-refractivity contribution in [3.05, 3.63) is 39.2 Å². The standard InChI is InChI=1S/C16H20N2O2/c1-9-10(2)15(19)17-13-8-14-11(7-12(9)13)5-6-16(3,4)18(14)20/h7-8,20H,5-6H2,1-4H3,(H,17,19). The lowest BCUT2D eigenvalue weighted by Crippen LogP contribution is -2.45. The van der Waals surface area contributed by atoms with E-state index in [0.717, 1.165) is 46.1 Å². The molecule has 4 nitrogen and oxygen atoms in total. The molecule has 0 spiro atoms. The van der Waals surface area contributed by atoms with Gasteiger partial charge in [-0.25, -0.2) is 0 Å². The van der Waals surface area contributed by atoms with Crippen molar-refractivity contribution in [3.8, 4) is 0 Å². The molecule has 2 aromatic rings. The van der Waals surface area contributed by atoms with Crippen molar-refractivity contribution in [2.75, 3.05) is 5.06 Å². The summed E-state index contributed by atoms with van der Waals surface area (Å²) < 4.78 is 0. The van der Waals surface area contributed by atoms with Crippen LogP contribution in [0.25, 0.3) is 10.9 Å². The monoisotopic (exact) mass is 272 g/mol. The van der Waals surface area contributed by atoms with Crippen molar-refractivity contribution >= 4 is 16.6 Å². The Hall–Kier alpha value is -1.81. The molecule has 1 aliphatic heterocycles. The second kappa shape index (κ2) is 4.09. The summed E-state index contributed by atoms with van der Waals surface area (Å²) >= 11 is 0. The van der Waals surface area contributed by atoms with E-state index in [1.54, 1.807) is 0 Å². The lowest BCUT2D eigenvalue weighted by molar-refractivity contribution is 0.155. The van der Waals surface area contributed by atoms with Crippen LogP contribution in [-0.4, -0.2) is 15.7 Å². The van der Waals surface area contributed by atoms with Crippen LogP contribution < -0.4 is 10.6 Å². The molecule has 1 aromatic carbocycles. The first-order valence-corrected chi connectivity index (χ1v) is 6.96. The first kappa shape index (κ1) is 13.2. The second-order valence-electron chi connectivity index (χ2n) is 6.35. The molecule has 0 saturated carbocycles. The van der Waals surface area contributed by atoms with Gasteiger partial charge in [0.15, 0.2) is 0 Å². The molecule has 0 aliphatic carbocycles. The number of hydrogen-bond acceptors (Lipinski definition) is 3. The van der Waals surface area contributed by atoms with Crippen LogP contribution in [0.15, 0.2) is 16.9 Å². The summed E-state index contributed by atoms with van der Waals surface area (Å²) in [6.45, 7) is 7.85. The first-order chi connectivity index (χ1) is 9.31. The molecule has 1 aromatic heterocycles. The van der Waals surface area contributed by atoms with Crippen LogP contribution in [0, 0.1) is 13.8 Å². The molecule has 106 valence electrons. The van der Waals surface area contributed by atoms with Gasteiger partial charge in [-0.05, 0) is 63.8 Å². The SMILES string of the molecule is Cc1c(C)c2cc3c(cc2[nH]c1=O)N(O)C(C)(C)CC3. The minimum atomic E-state index is -0.277. The quantitative estimate of drug-likeness (QED) is 0.775. The first-order valence-electron chi connectivity index (χ1n) is 6.96. The fourth-order valence-corrected chi connectivity index (χ4v) is 2.91. The van der Waals surface area contributed by atoms with Crippen molar-refractivity contribution in [3.63, 3.8) is 0 Å². The van der Waals surface area contributed by atoms with Crippen LogP contribution in [0.4, 0.5) is 5.69 Å². The van der Waals surface area contributed by atoms with E-state index in [4.69, 9.17) is 0 Å². The van der Waals surface area contributed by atoms with Crippen LogP contribution in [-0.2, 0) is 6.42 Å². The normalized spacial score (nSPS) is 17.4. The number of benzene rings is 1. The maximum absolute atomic E-state index is 11.9. The summed E-state index contributed by atoms with van der Waals surface area (Å²) in [6.07, 6.45) is 1.84. The Balaban J connectivity index is 2.32. The minimum Gasteiger partial charge on any atom is -0.322 e. The Labute approximate surface area is 118 Å². The molecular formula is C16H20N2O2. The van der Waals surface area contributed by atoms with Gasteiger partial charge in [-0.3, -0.25) is 15.1 Å². The molecule has 0 unspecified atom stereocenters. The van der Waals surface area contributed by atoms with E-state index in [2.05, 4.69) is 11.1 Å². The van der Waals surface area contributed by atoms with Crippen molar-refractivity contribution < 1.29 is 5.21 Å². The lowest BCUT2D eigenvalue weighted by Gasteiger charge is -2.40. The third-order valence-corrected chi connectivity index (χ3v) is 4.58. The Kier molecular flexibility index (Phi) is 2.70. The number of fused-ring (bicyclic) bond motifs is 2. The summed E-state index contributed by atoms with van der Waals surface area (Å²) in [5, 5.41) is 12.8. The average Bonchev–Trinajstić information content (AvgIpc) is 2.40. The molecule has 0 atom stereocenters. The van der Waals surface area contributed by atoms with Gasteiger partial charge in [0.25, 0.3) is 5.56 Å². The Morgan fingerprint density at radius 2 is 1.95 bits per heavy atom. The van der Waals surface area contributed by atoms with Crippen LogP contribution in [0.2, 0.25) is 0 Å². The number of H-pyrrole nitrogens is 1. The highest BCUT2D eigenvalue weighted by atomic mass is 16.5. The number of anilines is 1. The Morgan fingerprint density at radius 3 is 2.65 bits per heavy atom. The van der Waals surface area contributed by atoms with E-state index in [1.165, 1.54) is 5.06 Å². The van der Waals surface area contributed by atoms with E-state index >= 15 is 0 Å². The number of aromatic amines is 1. The van der Waals surface area contributed by atoms with Crippen LogP contribution >= 0.6 is 0 Å². The number of aromatic nitrogens is 1. The van der Waals surface area contributed by atoms with Crippen molar-refractivity contribution in [2.24, 2.45) is 0 Å². The molecule has 20 heavy (non-hydrogen) atoms. The summed E-state index contributed by atoms with van der Waals surface area (Å²) in [7, 11) is 0. The smallest absolute Gasteiger partial charge is 0.251 e. The predicted octanol–water partition coefficient (Wildman–Crippen LogP) is 3.07. The molecule has 0 radical (unpaired) electrons. The number of pyridine rings is 1. The van der Waals surface area contributed by atoms with Gasteiger partial charge in [-0.2, -0.15) is 0 Å². The highest BCUT2D eigenvalue weighted by Crippen LogP contribution is 2.37. The molecule has 3 rings (SSSR count). The molecule has 0 bridgehead atoms. The predicted molar refractivity (Wildman–Crippen MR) is 80.7 cm³/mol. The van der Waals surface area contributed by atoms with Gasteiger partial charge in [0.2, 0.25) is 0 Å². The Morgan fingerprint density at radius 1 is 1.25 bits per heavy atom. The van der Waals surface area contributed by atoms with Gasteiger partial charge in [-0.15, -0.1) is 0 Å². The third kappa shape index (κ3) is 1.75. The van der Waals surface area contributed by atoms with E-state index in [1.807, 2.05) is 33.8 Å². The fraction of sp³-hybridized carbons (Fsp3) is 0.438. The van der Waals surface area contributed by atoms with Crippen LogP contribution in [0.3, 0.4) is 0 Å². The molecule has 2 N–H and O–H groups in total. The zero-order chi connectivity index (χ0) is 14.7. The van der Waals surface area contributed by atoms with Crippen molar-refractivity contribution in [1.82, 2.24) is 4.98 Å². The molecular weight excluding hydrogens is 252 g/mol. The maximum atomic E-state index is 11.9. The number of hydroxylamine groups is 1. The molecule has 4 heteroatoms. The number of aryl methyl sites for hydroxylation is 2. The molecule has 0 amide bonds. The van der Waals surface area contributed by atoms with Gasteiger partial charge in [0, 0.05) is 10.9 Å². The van der Waals surface area contributed by atoms with Crippen molar-refractivity contribution in [1.29, 1.82) is 0 Å². The Bertz CT molecular complexity index is 759. The topological polar surface area (TPSA) is 56.3 Å². The highest BCUT2D eigenvalue weighted by molar-refractivity contribution is 5.87.